The van der Waals surface area contributed by atoms with Crippen LogP contribution >= 0.6 is 28.1 Å². The van der Waals surface area contributed by atoms with Gasteiger partial charge in [-0.3, -0.25) is 15.1 Å². The Labute approximate surface area is 142 Å². The Morgan fingerprint density at radius 3 is 2.68 bits per heavy atom. The molecule has 0 radical (unpaired) electrons. The lowest BCUT2D eigenvalue weighted by molar-refractivity contribution is 0.0976. The quantitative estimate of drug-likeness (QED) is 0.799. The van der Waals surface area contributed by atoms with Crippen LogP contribution < -0.4 is 15.4 Å². The van der Waals surface area contributed by atoms with E-state index in [1.165, 1.54) is 6.20 Å². The van der Waals surface area contributed by atoms with Crippen LogP contribution in [0.2, 0.25) is 0 Å². The fraction of sp³-hybridized carbons (Fsp3) is 0.133. The molecule has 2 rings (SSSR count). The minimum Gasteiger partial charge on any atom is -0.497 e. The molecule has 0 aliphatic carbocycles. The Bertz CT molecular complexity index is 677. The molecule has 114 valence electrons. The first kappa shape index (κ1) is 16.4. The second-order valence-electron chi connectivity index (χ2n) is 4.38. The summed E-state index contributed by atoms with van der Waals surface area (Å²) in [5, 5.41) is 5.85. The summed E-state index contributed by atoms with van der Waals surface area (Å²) >= 11 is 8.38. The molecule has 0 fully saturated rings. The van der Waals surface area contributed by atoms with Gasteiger partial charge in [-0.15, -0.1) is 0 Å². The van der Waals surface area contributed by atoms with Gasteiger partial charge >= 0.3 is 0 Å². The number of pyridine rings is 1. The van der Waals surface area contributed by atoms with Crippen molar-refractivity contribution in [1.29, 1.82) is 0 Å². The van der Waals surface area contributed by atoms with E-state index >= 15 is 0 Å². The van der Waals surface area contributed by atoms with Crippen molar-refractivity contribution >= 4 is 39.2 Å². The molecule has 1 aromatic heterocycles. The number of amides is 1. The number of carbonyl (C=O) groups excluding carboxylic acids is 1. The lowest BCUT2D eigenvalue weighted by atomic mass is 10.2. The van der Waals surface area contributed by atoms with Crippen LogP contribution in [0.5, 0.6) is 5.75 Å². The number of hydrogen-bond donors (Lipinski definition) is 2. The molecule has 1 aromatic carbocycles. The van der Waals surface area contributed by atoms with Gasteiger partial charge < -0.3 is 10.1 Å². The number of carbonyl (C=O) groups is 1. The number of halogens is 1. The molecule has 0 atom stereocenters. The number of nitrogens with one attached hydrogen (secondary N) is 2. The van der Waals surface area contributed by atoms with E-state index in [1.807, 2.05) is 24.3 Å². The summed E-state index contributed by atoms with van der Waals surface area (Å²) in [6.45, 7) is 0.514. The lowest BCUT2D eigenvalue weighted by Gasteiger charge is -2.10. The molecule has 0 bridgehead atoms. The maximum absolute atomic E-state index is 12.0. The minimum absolute atomic E-state index is 0.265. The molecule has 0 spiro atoms. The van der Waals surface area contributed by atoms with Crippen molar-refractivity contribution in [2.75, 3.05) is 7.11 Å². The van der Waals surface area contributed by atoms with Gasteiger partial charge in [0.15, 0.2) is 5.11 Å². The van der Waals surface area contributed by atoms with Crippen molar-refractivity contribution < 1.29 is 9.53 Å². The summed E-state index contributed by atoms with van der Waals surface area (Å²) in [4.78, 5) is 15.9. The minimum atomic E-state index is -0.305. The van der Waals surface area contributed by atoms with Crippen LogP contribution in [0.4, 0.5) is 0 Å². The Hall–Kier alpha value is -1.99. The highest BCUT2D eigenvalue weighted by molar-refractivity contribution is 9.10. The molecule has 0 unspecified atom stereocenters. The topological polar surface area (TPSA) is 63.2 Å². The Morgan fingerprint density at radius 1 is 1.32 bits per heavy atom. The number of rotatable bonds is 4. The monoisotopic (exact) mass is 379 g/mol. The summed E-state index contributed by atoms with van der Waals surface area (Å²) in [5.41, 5.74) is 1.46. The maximum atomic E-state index is 12.0. The van der Waals surface area contributed by atoms with Crippen molar-refractivity contribution in [1.82, 2.24) is 15.6 Å². The first-order valence-electron chi connectivity index (χ1n) is 6.41. The van der Waals surface area contributed by atoms with Crippen LogP contribution in [0.15, 0.2) is 47.2 Å². The van der Waals surface area contributed by atoms with E-state index in [-0.39, 0.29) is 11.0 Å². The van der Waals surface area contributed by atoms with E-state index in [1.54, 1.807) is 19.4 Å². The normalized spacial score (nSPS) is 9.91. The van der Waals surface area contributed by atoms with E-state index < -0.39 is 0 Å². The first-order chi connectivity index (χ1) is 10.6. The standard InChI is InChI=1S/C15H14BrN3O2S/c1-21-13-4-2-10(3-5-13)7-18-15(22)19-14(20)11-6-12(16)9-17-8-11/h2-6,8-9H,7H2,1H3,(H2,18,19,20,22). The van der Waals surface area contributed by atoms with Crippen LogP contribution in [0.1, 0.15) is 15.9 Å². The molecular weight excluding hydrogens is 366 g/mol. The van der Waals surface area contributed by atoms with E-state index in [9.17, 15) is 4.79 Å². The highest BCUT2D eigenvalue weighted by Crippen LogP contribution is 2.11. The second-order valence-corrected chi connectivity index (χ2v) is 5.70. The highest BCUT2D eigenvalue weighted by Gasteiger charge is 2.08. The molecular formula is C15H14BrN3O2S. The largest absolute Gasteiger partial charge is 0.497 e. The zero-order valence-corrected chi connectivity index (χ0v) is 14.2. The zero-order valence-electron chi connectivity index (χ0n) is 11.8. The number of nitrogens with zero attached hydrogens (tertiary/aromatic N) is 1. The van der Waals surface area contributed by atoms with Gasteiger partial charge in [-0.25, -0.2) is 0 Å². The smallest absolute Gasteiger partial charge is 0.259 e. The second kappa shape index (κ2) is 7.86. The van der Waals surface area contributed by atoms with Crippen molar-refractivity contribution in [3.8, 4) is 5.75 Å². The van der Waals surface area contributed by atoms with Gasteiger partial charge in [0.2, 0.25) is 0 Å². The van der Waals surface area contributed by atoms with Crippen LogP contribution in [0, 0.1) is 0 Å². The molecule has 2 N–H and O–H groups in total. The molecule has 22 heavy (non-hydrogen) atoms. The molecule has 5 nitrogen and oxygen atoms in total. The summed E-state index contributed by atoms with van der Waals surface area (Å²) in [5.74, 6) is 0.489. The summed E-state index contributed by atoms with van der Waals surface area (Å²) in [6.07, 6.45) is 3.09. The van der Waals surface area contributed by atoms with E-state index in [0.29, 0.717) is 12.1 Å². The molecule has 1 amide bonds. The predicted octanol–water partition coefficient (Wildman–Crippen LogP) is 2.66. The Kier molecular flexibility index (Phi) is 5.85. The van der Waals surface area contributed by atoms with Gasteiger partial charge in [-0.2, -0.15) is 0 Å². The van der Waals surface area contributed by atoms with Crippen molar-refractivity contribution in [3.05, 3.63) is 58.3 Å². The first-order valence-corrected chi connectivity index (χ1v) is 7.61. The van der Waals surface area contributed by atoms with Crippen LogP contribution in [0.25, 0.3) is 0 Å². The van der Waals surface area contributed by atoms with Gasteiger partial charge in [0.05, 0.1) is 12.7 Å². The van der Waals surface area contributed by atoms with Crippen LogP contribution in [-0.2, 0) is 6.54 Å². The van der Waals surface area contributed by atoms with Gasteiger partial charge in [-0.1, -0.05) is 12.1 Å². The highest BCUT2D eigenvalue weighted by atomic mass is 79.9. The van der Waals surface area contributed by atoms with Gasteiger partial charge in [0, 0.05) is 23.4 Å². The van der Waals surface area contributed by atoms with E-state index in [0.717, 1.165) is 15.8 Å². The van der Waals surface area contributed by atoms with Crippen LogP contribution in [0.3, 0.4) is 0 Å². The number of ether oxygens (including phenoxy) is 1. The average Bonchev–Trinajstić information content (AvgIpc) is 2.53. The molecule has 0 aliphatic heterocycles. The maximum Gasteiger partial charge on any atom is 0.259 e. The number of thiocarbonyl (C=S) groups is 1. The SMILES string of the molecule is COc1ccc(CNC(=S)NC(=O)c2cncc(Br)c2)cc1. The van der Waals surface area contributed by atoms with Gasteiger partial charge in [0.1, 0.15) is 5.75 Å². The molecule has 0 aliphatic rings. The number of aromatic nitrogens is 1. The molecule has 0 saturated carbocycles. The number of methoxy groups -OCH3 is 1. The van der Waals surface area contributed by atoms with Crippen molar-refractivity contribution in [2.45, 2.75) is 6.54 Å². The third-order valence-electron chi connectivity index (χ3n) is 2.81. The molecule has 2 aromatic rings. The number of hydrogen-bond acceptors (Lipinski definition) is 4. The van der Waals surface area contributed by atoms with Crippen molar-refractivity contribution in [3.63, 3.8) is 0 Å². The zero-order chi connectivity index (χ0) is 15.9. The molecule has 1 heterocycles. The molecule has 0 saturated heterocycles. The van der Waals surface area contributed by atoms with E-state index in [2.05, 4.69) is 31.5 Å². The van der Waals surface area contributed by atoms with Gasteiger partial charge in [-0.05, 0) is 51.9 Å². The summed E-state index contributed by atoms with van der Waals surface area (Å²) in [6, 6.07) is 9.26. The Morgan fingerprint density at radius 2 is 2.05 bits per heavy atom. The average molecular weight is 380 g/mol. The van der Waals surface area contributed by atoms with E-state index in [4.69, 9.17) is 17.0 Å². The van der Waals surface area contributed by atoms with Gasteiger partial charge in [0.25, 0.3) is 5.91 Å². The fourth-order valence-electron chi connectivity index (χ4n) is 1.68. The van der Waals surface area contributed by atoms with Crippen molar-refractivity contribution in [2.24, 2.45) is 0 Å². The summed E-state index contributed by atoms with van der Waals surface area (Å²) in [7, 11) is 1.62. The third-order valence-corrected chi connectivity index (χ3v) is 3.49. The third kappa shape index (κ3) is 4.78. The predicted molar refractivity (Wildman–Crippen MR) is 91.8 cm³/mol. The fourth-order valence-corrected chi connectivity index (χ4v) is 2.21. The van der Waals surface area contributed by atoms with Crippen LogP contribution in [-0.4, -0.2) is 23.1 Å². The number of benzene rings is 1. The Balaban J connectivity index is 1.85. The lowest BCUT2D eigenvalue weighted by Crippen LogP contribution is -2.38. The molecule has 7 heteroatoms. The summed E-state index contributed by atoms with van der Waals surface area (Å²) < 4.78 is 5.83.